The lowest BCUT2D eigenvalue weighted by Gasteiger charge is -2.01. The van der Waals surface area contributed by atoms with Crippen LogP contribution in [0.1, 0.15) is 13.8 Å². The number of nitrogen functional groups attached to an aromatic ring is 1. The van der Waals surface area contributed by atoms with E-state index in [2.05, 4.69) is 4.84 Å². The smallest absolute Gasteiger partial charge is 0.398 e. The lowest BCUT2D eigenvalue weighted by atomic mass is 10.1. The van der Waals surface area contributed by atoms with Crippen molar-refractivity contribution in [2.45, 2.75) is 13.8 Å². The highest BCUT2D eigenvalue weighted by molar-refractivity contribution is 6.33. The minimum Gasteiger partial charge on any atom is -0.398 e. The number of non-ortho nitro benzene ring substituents is 1. The van der Waals surface area contributed by atoms with Gasteiger partial charge in [0, 0.05) is 30.4 Å². The molecule has 0 aliphatic rings. The van der Waals surface area contributed by atoms with Crippen LogP contribution in [-0.2, 0) is 9.57 Å². The summed E-state index contributed by atoms with van der Waals surface area (Å²) in [5, 5.41) is 14.0. The maximum Gasteiger partial charge on any atom is 0.762 e. The van der Waals surface area contributed by atoms with Crippen LogP contribution in [0.2, 0.25) is 0 Å². The molecule has 0 unspecified atom stereocenters. The molecule has 2 N–H and O–H groups in total. The lowest BCUT2D eigenvalue weighted by Crippen LogP contribution is -1.92. The number of nitro groups is 1. The number of anilines is 1. The Bertz CT molecular complexity index is 675. The minimum atomic E-state index is -3.67. The van der Waals surface area contributed by atoms with Gasteiger partial charge in [0.2, 0.25) is 0 Å². The molecular weight excluding hydrogens is 370 g/mol. The first-order valence-corrected chi connectivity index (χ1v) is 7.54. The van der Waals surface area contributed by atoms with Crippen LogP contribution in [0.3, 0.4) is 0 Å². The van der Waals surface area contributed by atoms with Crippen LogP contribution >= 0.6 is 0 Å². The van der Waals surface area contributed by atoms with E-state index in [1.54, 1.807) is 24.3 Å². The van der Waals surface area contributed by atoms with Gasteiger partial charge in [0.15, 0.2) is 5.34 Å². The highest BCUT2D eigenvalue weighted by Crippen LogP contribution is 2.29. The summed E-state index contributed by atoms with van der Waals surface area (Å²) in [7, 11) is -2.47. The van der Waals surface area contributed by atoms with Gasteiger partial charge in [-0.15, -0.1) is 4.91 Å². The number of hydrogen-bond acceptors (Lipinski definition) is 7. The topological polar surface area (TPSA) is 117 Å². The molecule has 0 aliphatic carbocycles. The van der Waals surface area contributed by atoms with Gasteiger partial charge in [0.1, 0.15) is 7.11 Å². The predicted molar refractivity (Wildman–Crippen MR) is 99.1 cm³/mol. The second kappa shape index (κ2) is 16.6. The fourth-order valence-electron chi connectivity index (χ4n) is 1.67. The fourth-order valence-corrected chi connectivity index (χ4v) is 1.67. The second-order valence-corrected chi connectivity index (χ2v) is 4.26. The van der Waals surface area contributed by atoms with Crippen LogP contribution in [-0.4, -0.2) is 32.8 Å². The maximum atomic E-state index is 10.7. The molecule has 0 atom stereocenters. The molecule has 8 nitrogen and oxygen atoms in total. The largest absolute Gasteiger partial charge is 0.762 e. The van der Waals surface area contributed by atoms with Gasteiger partial charge >= 0.3 is 7.54 Å². The molecule has 0 spiro atoms. The van der Waals surface area contributed by atoms with E-state index in [0.29, 0.717) is 11.1 Å². The first kappa shape index (κ1) is 26.3. The minimum absolute atomic E-state index is 0.0924. The van der Waals surface area contributed by atoms with Crippen LogP contribution < -0.4 is 5.73 Å². The van der Waals surface area contributed by atoms with Crippen molar-refractivity contribution >= 4 is 29.7 Å². The van der Waals surface area contributed by atoms with Gasteiger partial charge in [-0.25, -0.2) is 0 Å². The molecule has 0 radical (unpaired) electrons. The van der Waals surface area contributed by atoms with Crippen molar-refractivity contribution in [1.29, 1.82) is 0 Å². The first-order chi connectivity index (χ1) is 12.8. The van der Waals surface area contributed by atoms with E-state index in [1.165, 1.54) is 13.2 Å². The predicted octanol–water partition coefficient (Wildman–Crippen LogP) is 4.57. The highest BCUT2D eigenvalue weighted by Gasteiger charge is 2.11. The summed E-state index contributed by atoms with van der Waals surface area (Å²) in [6.45, 7) is 5.67. The Labute approximate surface area is 154 Å². The van der Waals surface area contributed by atoms with Crippen LogP contribution in [0.15, 0.2) is 41.7 Å². The van der Waals surface area contributed by atoms with Crippen molar-refractivity contribution in [3.8, 4) is 0 Å². The molecule has 0 saturated heterocycles. The van der Waals surface area contributed by atoms with E-state index in [9.17, 15) is 23.1 Å². The quantitative estimate of drug-likeness (QED) is 0.268. The van der Waals surface area contributed by atoms with E-state index in [-0.39, 0.29) is 5.69 Å². The average molecular weight is 391 g/mol. The van der Waals surface area contributed by atoms with Gasteiger partial charge in [-0.2, -0.15) is 0 Å². The molecule has 2 aromatic rings. The zero-order valence-electron chi connectivity index (χ0n) is 15.1. The molecule has 0 saturated carbocycles. The summed E-state index contributed by atoms with van der Waals surface area (Å²) < 4.78 is 33.8. The molecule has 0 fully saturated rings. The van der Waals surface area contributed by atoms with Crippen molar-refractivity contribution in [2.75, 3.05) is 26.1 Å². The molecule has 0 heterocycles. The first-order valence-electron chi connectivity index (χ1n) is 7.54. The lowest BCUT2D eigenvalue weighted by molar-refractivity contribution is -0.383. The van der Waals surface area contributed by atoms with E-state index in [0.717, 1.165) is 18.6 Å². The molecule has 12 heteroatoms. The molecule has 0 aliphatic heterocycles. The normalized spacial score (nSPS) is 8.67. The van der Waals surface area contributed by atoms with Gasteiger partial charge in [-0.3, -0.25) is 23.1 Å². The van der Waals surface area contributed by atoms with Gasteiger partial charge in [0.05, 0.1) is 10.3 Å². The third-order valence-corrected chi connectivity index (χ3v) is 2.61. The van der Waals surface area contributed by atoms with Crippen LogP contribution in [0.4, 0.5) is 24.3 Å². The Morgan fingerprint density at radius 3 is 1.89 bits per heavy atom. The number of hydrogen-bond donors (Lipinski definition) is 1. The zero-order chi connectivity index (χ0) is 21.2. The SMILES string of the molecule is CCOCC.CON=O.FB(F)F.Nc1ccc([N+](=O)[O-])c2ccccc12. The van der Waals surface area contributed by atoms with Crippen molar-refractivity contribution in [3.63, 3.8) is 0 Å². The Kier molecular flexibility index (Phi) is 16.2. The van der Waals surface area contributed by atoms with Gasteiger partial charge in [0.25, 0.3) is 5.69 Å². The number of benzene rings is 2. The Morgan fingerprint density at radius 2 is 1.56 bits per heavy atom. The molecule has 0 amide bonds. The monoisotopic (exact) mass is 391 g/mol. The number of nitro benzene ring substituents is 1. The number of halogens is 3. The van der Waals surface area contributed by atoms with E-state index < -0.39 is 12.5 Å². The van der Waals surface area contributed by atoms with E-state index in [4.69, 9.17) is 15.4 Å². The molecular formula is C15H21BF3N3O5. The van der Waals surface area contributed by atoms with E-state index in [1.807, 2.05) is 25.3 Å². The maximum absolute atomic E-state index is 10.7. The van der Waals surface area contributed by atoms with E-state index >= 15 is 0 Å². The fraction of sp³-hybridized carbons (Fsp3) is 0.333. The summed E-state index contributed by atoms with van der Waals surface area (Å²) in [5.41, 5.74) is 6.36. The van der Waals surface area contributed by atoms with Crippen molar-refractivity contribution in [3.05, 3.63) is 51.4 Å². The summed E-state index contributed by atoms with van der Waals surface area (Å²) in [6.07, 6.45) is 0. The number of ether oxygens (including phenoxy) is 1. The summed E-state index contributed by atoms with van der Waals surface area (Å²) >= 11 is 0. The molecule has 0 bridgehead atoms. The average Bonchev–Trinajstić information content (AvgIpc) is 2.63. The van der Waals surface area contributed by atoms with Crippen LogP contribution in [0.5, 0.6) is 0 Å². The standard InChI is InChI=1S/C10H8N2O2.C4H10O.CH3NO2.BF3/c11-9-5-6-10(12(13)14)8-4-2-1-3-7(8)9;1-3-5-4-2;1-4-2-3;2-1(3)4/h1-6H,11H2;3-4H2,1-2H3;1H3;. The summed E-state index contributed by atoms with van der Waals surface area (Å²) in [4.78, 5) is 22.6. The molecule has 2 rings (SSSR count). The molecule has 0 aromatic heterocycles. The Balaban J connectivity index is 0. The molecule has 2 aromatic carbocycles. The number of rotatable bonds is 4. The van der Waals surface area contributed by atoms with Gasteiger partial charge in [-0.1, -0.05) is 18.2 Å². The number of fused-ring (bicyclic) bond motifs is 1. The third kappa shape index (κ3) is 13.0. The molecule has 27 heavy (non-hydrogen) atoms. The summed E-state index contributed by atoms with van der Waals surface area (Å²) in [5.74, 6) is 0. The van der Waals surface area contributed by atoms with Crippen molar-refractivity contribution < 1.29 is 27.4 Å². The highest BCUT2D eigenvalue weighted by atomic mass is 19.4. The number of nitrogens with zero attached hydrogens (tertiary/aromatic N) is 2. The third-order valence-electron chi connectivity index (χ3n) is 2.61. The Hall–Kier alpha value is -2.89. The molecule has 150 valence electrons. The van der Waals surface area contributed by atoms with Crippen LogP contribution in [0.25, 0.3) is 10.8 Å². The van der Waals surface area contributed by atoms with Crippen molar-refractivity contribution in [2.24, 2.45) is 5.34 Å². The number of nitrogens with two attached hydrogens (primary N) is 1. The Morgan fingerprint density at radius 1 is 1.11 bits per heavy atom. The zero-order valence-corrected chi connectivity index (χ0v) is 15.1. The van der Waals surface area contributed by atoms with Crippen molar-refractivity contribution in [1.82, 2.24) is 0 Å². The van der Waals surface area contributed by atoms with Crippen LogP contribution in [0, 0.1) is 15.0 Å². The van der Waals surface area contributed by atoms with Gasteiger partial charge < -0.3 is 15.3 Å². The summed E-state index contributed by atoms with van der Waals surface area (Å²) in [6, 6.07) is 10.0. The second-order valence-electron chi connectivity index (χ2n) is 4.26. The van der Waals surface area contributed by atoms with Gasteiger partial charge in [-0.05, 0) is 26.0 Å².